The van der Waals surface area contributed by atoms with Crippen LogP contribution in [0.5, 0.6) is 0 Å². The Hall–Kier alpha value is -0.660. The van der Waals surface area contributed by atoms with E-state index in [9.17, 15) is 8.42 Å². The smallest absolute Gasteiger partial charge is 0.254 e. The minimum absolute atomic E-state index is 0.336. The van der Waals surface area contributed by atoms with Crippen LogP contribution in [-0.4, -0.2) is 30.8 Å². The van der Waals surface area contributed by atoms with Crippen molar-refractivity contribution >= 4 is 32.0 Å². The molecule has 0 aliphatic carbocycles. The molecule has 1 aromatic rings. The fraction of sp³-hybridized carbons (Fsp3) is 0.545. The van der Waals surface area contributed by atoms with Gasteiger partial charge in [-0.3, -0.25) is 4.72 Å². The standard InChI is InChI=1S/C11H16BrN3O2S/c1-9-4-3-7-15(8-9)18(16,17)14-11-6-2-5-10(12)13-11/h2,5-6,9H,3-4,7-8H2,1H3,(H,13,14). The van der Waals surface area contributed by atoms with Crippen molar-refractivity contribution in [2.75, 3.05) is 17.8 Å². The molecule has 5 nitrogen and oxygen atoms in total. The molecule has 1 N–H and O–H groups in total. The first-order chi connectivity index (χ1) is 8.47. The second-order valence-corrected chi connectivity index (χ2v) is 7.04. The molecule has 1 aromatic heterocycles. The summed E-state index contributed by atoms with van der Waals surface area (Å²) in [5.74, 6) is 0.744. The first kappa shape index (κ1) is 13.8. The van der Waals surface area contributed by atoms with Gasteiger partial charge in [-0.25, -0.2) is 4.98 Å². The zero-order valence-corrected chi connectivity index (χ0v) is 12.5. The van der Waals surface area contributed by atoms with E-state index >= 15 is 0 Å². The normalized spacial score (nSPS) is 21.8. The van der Waals surface area contributed by atoms with Gasteiger partial charge in [0.15, 0.2) is 0 Å². The fourth-order valence-corrected chi connectivity index (χ4v) is 3.70. The van der Waals surface area contributed by atoms with Crippen LogP contribution in [0.2, 0.25) is 0 Å². The lowest BCUT2D eigenvalue weighted by Crippen LogP contribution is -2.42. The zero-order chi connectivity index (χ0) is 13.2. The average molecular weight is 334 g/mol. The second-order valence-electron chi connectivity index (χ2n) is 4.56. The molecule has 7 heteroatoms. The minimum atomic E-state index is -3.49. The maximum Gasteiger partial charge on any atom is 0.302 e. The Balaban J connectivity index is 2.11. The summed E-state index contributed by atoms with van der Waals surface area (Å²) in [7, 11) is -3.49. The summed E-state index contributed by atoms with van der Waals surface area (Å²) in [5, 5.41) is 0. The van der Waals surface area contributed by atoms with Gasteiger partial charge in [0.25, 0.3) is 0 Å². The predicted molar refractivity (Wildman–Crippen MR) is 74.5 cm³/mol. The molecule has 100 valence electrons. The Bertz CT molecular complexity index is 521. The topological polar surface area (TPSA) is 62.3 Å². The quantitative estimate of drug-likeness (QED) is 0.863. The Kier molecular flexibility index (Phi) is 4.24. The molecule has 1 saturated heterocycles. The number of piperidine rings is 1. The summed E-state index contributed by atoms with van der Waals surface area (Å²) in [6.45, 7) is 3.22. The van der Waals surface area contributed by atoms with E-state index in [1.54, 1.807) is 18.2 Å². The van der Waals surface area contributed by atoms with Gasteiger partial charge in [-0.05, 0) is 46.8 Å². The summed E-state index contributed by atoms with van der Waals surface area (Å²) >= 11 is 3.22. The molecular formula is C11H16BrN3O2S. The second kappa shape index (κ2) is 5.54. The number of halogens is 1. The summed E-state index contributed by atoms with van der Waals surface area (Å²) in [4.78, 5) is 4.07. The van der Waals surface area contributed by atoms with Crippen LogP contribution >= 0.6 is 15.9 Å². The lowest BCUT2D eigenvalue weighted by molar-refractivity contribution is 0.282. The van der Waals surface area contributed by atoms with Crippen molar-refractivity contribution in [3.63, 3.8) is 0 Å². The third kappa shape index (κ3) is 3.43. The summed E-state index contributed by atoms with van der Waals surface area (Å²) < 4.78 is 28.9. The molecule has 1 aliphatic heterocycles. The van der Waals surface area contributed by atoms with Gasteiger partial charge in [0, 0.05) is 13.1 Å². The van der Waals surface area contributed by atoms with Gasteiger partial charge in [-0.1, -0.05) is 13.0 Å². The van der Waals surface area contributed by atoms with Crippen LogP contribution in [0.15, 0.2) is 22.8 Å². The number of nitrogens with zero attached hydrogens (tertiary/aromatic N) is 2. The van der Waals surface area contributed by atoms with Gasteiger partial charge in [-0.15, -0.1) is 0 Å². The first-order valence-electron chi connectivity index (χ1n) is 5.88. The van der Waals surface area contributed by atoms with Gasteiger partial charge >= 0.3 is 10.2 Å². The van der Waals surface area contributed by atoms with Gasteiger partial charge < -0.3 is 0 Å². The van der Waals surface area contributed by atoms with Crippen molar-refractivity contribution in [3.8, 4) is 0 Å². The lowest BCUT2D eigenvalue weighted by Gasteiger charge is -2.29. The van der Waals surface area contributed by atoms with Crippen LogP contribution < -0.4 is 4.72 Å². The van der Waals surface area contributed by atoms with Gasteiger partial charge in [0.05, 0.1) is 0 Å². The molecule has 0 amide bonds. The molecule has 0 bridgehead atoms. The monoisotopic (exact) mass is 333 g/mol. The van der Waals surface area contributed by atoms with Crippen LogP contribution in [0.3, 0.4) is 0 Å². The SMILES string of the molecule is CC1CCCN(S(=O)(=O)Nc2cccc(Br)n2)C1. The summed E-state index contributed by atoms with van der Waals surface area (Å²) in [6, 6.07) is 5.13. The van der Waals surface area contributed by atoms with Crippen LogP contribution in [0.1, 0.15) is 19.8 Å². The average Bonchev–Trinajstić information content (AvgIpc) is 2.28. The highest BCUT2D eigenvalue weighted by molar-refractivity contribution is 9.10. The molecule has 2 rings (SSSR count). The van der Waals surface area contributed by atoms with E-state index in [1.165, 1.54) is 4.31 Å². The van der Waals surface area contributed by atoms with E-state index in [4.69, 9.17) is 0 Å². The molecule has 0 radical (unpaired) electrons. The molecule has 18 heavy (non-hydrogen) atoms. The van der Waals surface area contributed by atoms with Crippen molar-refractivity contribution in [1.29, 1.82) is 0 Å². The molecule has 1 fully saturated rings. The van der Waals surface area contributed by atoms with Crippen molar-refractivity contribution < 1.29 is 8.42 Å². The molecule has 1 unspecified atom stereocenters. The number of pyridine rings is 1. The van der Waals surface area contributed by atoms with E-state index < -0.39 is 10.2 Å². The maximum atomic E-state index is 12.2. The van der Waals surface area contributed by atoms with Crippen LogP contribution in [0.4, 0.5) is 5.82 Å². The highest BCUT2D eigenvalue weighted by Crippen LogP contribution is 2.20. The molecular weight excluding hydrogens is 318 g/mol. The number of aromatic nitrogens is 1. The molecule has 1 atom stereocenters. The maximum absolute atomic E-state index is 12.2. The third-order valence-electron chi connectivity index (χ3n) is 2.91. The third-order valence-corrected chi connectivity index (χ3v) is 4.83. The molecule has 2 heterocycles. The van der Waals surface area contributed by atoms with E-state index in [2.05, 4.69) is 32.6 Å². The highest BCUT2D eigenvalue weighted by Gasteiger charge is 2.27. The number of hydrogen-bond donors (Lipinski definition) is 1. The van der Waals surface area contributed by atoms with Crippen molar-refractivity contribution in [2.24, 2.45) is 5.92 Å². The lowest BCUT2D eigenvalue weighted by atomic mass is 10.0. The summed E-state index contributed by atoms with van der Waals surface area (Å²) in [6.07, 6.45) is 2.00. The fourth-order valence-electron chi connectivity index (χ4n) is 2.03. The zero-order valence-electron chi connectivity index (χ0n) is 10.1. The summed E-state index contributed by atoms with van der Waals surface area (Å²) in [5.41, 5.74) is 0. The largest absolute Gasteiger partial charge is 0.302 e. The first-order valence-corrected chi connectivity index (χ1v) is 8.11. The van der Waals surface area contributed by atoms with Crippen molar-refractivity contribution in [1.82, 2.24) is 9.29 Å². The molecule has 0 saturated carbocycles. The minimum Gasteiger partial charge on any atom is -0.254 e. The van der Waals surface area contributed by atoms with Gasteiger partial charge in [0.1, 0.15) is 10.4 Å². The highest BCUT2D eigenvalue weighted by atomic mass is 79.9. The van der Waals surface area contributed by atoms with Crippen LogP contribution in [-0.2, 0) is 10.2 Å². The van der Waals surface area contributed by atoms with E-state index in [0.29, 0.717) is 29.4 Å². The Morgan fingerprint density at radius 1 is 1.50 bits per heavy atom. The van der Waals surface area contributed by atoms with Gasteiger partial charge in [-0.2, -0.15) is 12.7 Å². The Morgan fingerprint density at radius 2 is 2.28 bits per heavy atom. The van der Waals surface area contributed by atoms with Crippen LogP contribution in [0, 0.1) is 5.92 Å². The number of nitrogens with one attached hydrogen (secondary N) is 1. The van der Waals surface area contributed by atoms with Crippen molar-refractivity contribution in [3.05, 3.63) is 22.8 Å². The number of anilines is 1. The van der Waals surface area contributed by atoms with Gasteiger partial charge in [0.2, 0.25) is 0 Å². The molecule has 1 aliphatic rings. The van der Waals surface area contributed by atoms with E-state index in [0.717, 1.165) is 12.8 Å². The Labute approximate surface area is 116 Å². The Morgan fingerprint density at radius 3 is 2.94 bits per heavy atom. The van der Waals surface area contributed by atoms with E-state index in [1.807, 2.05) is 0 Å². The van der Waals surface area contributed by atoms with Crippen molar-refractivity contribution in [2.45, 2.75) is 19.8 Å². The predicted octanol–water partition coefficient (Wildman–Crippen LogP) is 2.23. The van der Waals surface area contributed by atoms with E-state index in [-0.39, 0.29) is 0 Å². The molecule has 0 spiro atoms. The van der Waals surface area contributed by atoms with Crippen LogP contribution in [0.25, 0.3) is 0 Å². The molecule has 0 aromatic carbocycles. The number of rotatable bonds is 3. The number of hydrogen-bond acceptors (Lipinski definition) is 3.